The lowest BCUT2D eigenvalue weighted by atomic mass is 11.8. The highest BCUT2D eigenvalue weighted by atomic mass is 35.6. The van der Waals surface area contributed by atoms with Crippen molar-refractivity contribution in [3.05, 3.63) is 0 Å². The minimum atomic E-state index is -1.11. The summed E-state index contributed by atoms with van der Waals surface area (Å²) in [7, 11) is -0.648. The standard InChI is InChI=1S/C3H10ClNOSi3/c1-9(2,3)5-8-6-7-4/h5H,1-3H3. The Labute approximate surface area is 67.1 Å². The molecule has 0 aliphatic carbocycles. The molecular weight excluding hydrogens is 186 g/mol. The molecule has 0 aromatic rings. The van der Waals surface area contributed by atoms with Gasteiger partial charge in [0.2, 0.25) is 0 Å². The molecule has 0 spiro atoms. The smallest absolute Gasteiger partial charge is 0.346 e. The van der Waals surface area contributed by atoms with Gasteiger partial charge in [0, 0.05) is 0 Å². The highest BCUT2D eigenvalue weighted by molar-refractivity contribution is 6.92. The Morgan fingerprint density at radius 2 is 2.00 bits per heavy atom. The summed E-state index contributed by atoms with van der Waals surface area (Å²) in [6.45, 7) is 6.67. The van der Waals surface area contributed by atoms with E-state index in [2.05, 4.69) is 24.3 Å². The summed E-state index contributed by atoms with van der Waals surface area (Å²) in [5, 5.41) is 0. The molecule has 1 N–H and O–H groups in total. The van der Waals surface area contributed by atoms with Crippen LogP contribution in [0.25, 0.3) is 0 Å². The third-order valence-electron chi connectivity index (χ3n) is 0.516. The maximum Gasteiger partial charge on any atom is 0.346 e. The second-order valence-electron chi connectivity index (χ2n) is 2.66. The first-order valence-corrected chi connectivity index (χ1v) is 8.93. The molecule has 2 nitrogen and oxygen atoms in total. The molecule has 4 radical (unpaired) electrons. The molecule has 0 aliphatic rings. The summed E-state index contributed by atoms with van der Waals surface area (Å²) in [6, 6.07) is 0. The van der Waals surface area contributed by atoms with Crippen LogP contribution < -0.4 is 4.65 Å². The lowest BCUT2D eigenvalue weighted by Crippen LogP contribution is -2.44. The van der Waals surface area contributed by atoms with Crippen LogP contribution in [-0.2, 0) is 4.12 Å². The normalized spacial score (nSPS) is 12.0. The third kappa shape index (κ3) is 8.86. The van der Waals surface area contributed by atoms with Gasteiger partial charge in [-0.2, -0.15) is 0 Å². The molecule has 52 valence electrons. The average molecular weight is 196 g/mol. The molecule has 6 heteroatoms. The van der Waals surface area contributed by atoms with Crippen molar-refractivity contribution in [3.63, 3.8) is 0 Å². The fraction of sp³-hybridized carbons (Fsp3) is 1.00. The highest BCUT2D eigenvalue weighted by Crippen LogP contribution is 1.91. The van der Waals surface area contributed by atoms with Crippen molar-refractivity contribution in [1.82, 2.24) is 4.65 Å². The van der Waals surface area contributed by atoms with Crippen LogP contribution in [0.5, 0.6) is 0 Å². The topological polar surface area (TPSA) is 21.3 Å². The minimum absolute atomic E-state index is 0.0880. The van der Waals surface area contributed by atoms with E-state index in [1.165, 1.54) is 0 Å². The van der Waals surface area contributed by atoms with E-state index >= 15 is 0 Å². The van der Waals surface area contributed by atoms with E-state index in [1.807, 2.05) is 0 Å². The summed E-state index contributed by atoms with van der Waals surface area (Å²) in [5.41, 5.74) is 0. The van der Waals surface area contributed by atoms with E-state index in [4.69, 9.17) is 15.2 Å². The first-order valence-electron chi connectivity index (χ1n) is 2.60. The Hall–Kier alpha value is 0.861. The van der Waals surface area contributed by atoms with Gasteiger partial charge in [-0.3, -0.25) is 0 Å². The van der Waals surface area contributed by atoms with Gasteiger partial charge in [0.25, 0.3) is 0 Å². The maximum atomic E-state index is 5.32. The Morgan fingerprint density at radius 1 is 1.44 bits per heavy atom. The van der Waals surface area contributed by atoms with E-state index in [-0.39, 0.29) is 9.07 Å². The van der Waals surface area contributed by atoms with E-state index in [0.717, 1.165) is 0 Å². The maximum absolute atomic E-state index is 5.32. The molecule has 0 bridgehead atoms. The van der Waals surface area contributed by atoms with Gasteiger partial charge in [-0.25, -0.2) is 0 Å². The zero-order valence-electron chi connectivity index (χ0n) is 5.79. The Balaban J connectivity index is 3.07. The van der Waals surface area contributed by atoms with Crippen LogP contribution in [0.1, 0.15) is 0 Å². The SMILES string of the molecule is C[Si](C)(C)N[Si]O[Si]Cl. The van der Waals surface area contributed by atoms with Crippen LogP contribution in [0, 0.1) is 0 Å². The van der Waals surface area contributed by atoms with Crippen LogP contribution in [0.15, 0.2) is 0 Å². The van der Waals surface area contributed by atoms with Gasteiger partial charge in [0.05, 0.1) is 0 Å². The monoisotopic (exact) mass is 195 g/mol. The van der Waals surface area contributed by atoms with Crippen LogP contribution >= 0.6 is 11.1 Å². The molecule has 0 rings (SSSR count). The summed E-state index contributed by atoms with van der Waals surface area (Å²) in [6.07, 6.45) is 0. The number of hydrogen-bond donors (Lipinski definition) is 1. The Morgan fingerprint density at radius 3 is 2.33 bits per heavy atom. The van der Waals surface area contributed by atoms with Crippen LogP contribution in [0.2, 0.25) is 19.6 Å². The number of hydrogen-bond acceptors (Lipinski definition) is 2. The molecule has 0 aromatic carbocycles. The van der Waals surface area contributed by atoms with Gasteiger partial charge < -0.3 is 8.76 Å². The molecule has 0 unspecified atom stereocenters. The summed E-state index contributed by atoms with van der Waals surface area (Å²) >= 11 is 5.32. The lowest BCUT2D eigenvalue weighted by Gasteiger charge is -2.15. The molecule has 0 aliphatic heterocycles. The first kappa shape index (κ1) is 9.86. The molecule has 0 amide bonds. The van der Waals surface area contributed by atoms with Gasteiger partial charge in [0.15, 0.2) is 0 Å². The van der Waals surface area contributed by atoms with Crippen molar-refractivity contribution in [1.29, 1.82) is 0 Å². The van der Waals surface area contributed by atoms with Crippen molar-refractivity contribution < 1.29 is 4.12 Å². The number of nitrogens with one attached hydrogen (secondary N) is 1. The van der Waals surface area contributed by atoms with E-state index in [0.29, 0.717) is 9.92 Å². The van der Waals surface area contributed by atoms with Crippen LogP contribution in [0.4, 0.5) is 0 Å². The van der Waals surface area contributed by atoms with E-state index in [1.54, 1.807) is 0 Å². The predicted molar refractivity (Wildman–Crippen MR) is 44.9 cm³/mol. The largest absolute Gasteiger partial charge is 0.432 e. The minimum Gasteiger partial charge on any atom is -0.432 e. The zero-order chi connectivity index (χ0) is 7.33. The molecule has 0 atom stereocenters. The van der Waals surface area contributed by atoms with Gasteiger partial charge in [-0.15, -0.1) is 11.1 Å². The fourth-order valence-electron chi connectivity index (χ4n) is 0.198. The van der Waals surface area contributed by atoms with Crippen molar-refractivity contribution in [2.45, 2.75) is 19.6 Å². The summed E-state index contributed by atoms with van der Waals surface area (Å²) in [4.78, 5) is 0. The first-order chi connectivity index (χ1) is 4.06. The Kier molecular flexibility index (Phi) is 5.09. The number of rotatable bonds is 4. The molecule has 0 saturated heterocycles. The van der Waals surface area contributed by atoms with Gasteiger partial charge >= 0.3 is 19.0 Å². The lowest BCUT2D eigenvalue weighted by molar-refractivity contribution is 0.650. The predicted octanol–water partition coefficient (Wildman–Crippen LogP) is 0.735. The second kappa shape index (κ2) is 4.64. The van der Waals surface area contributed by atoms with Crippen molar-refractivity contribution in [2.75, 3.05) is 0 Å². The average Bonchev–Trinajstić information content (AvgIpc) is 1.63. The van der Waals surface area contributed by atoms with Crippen LogP contribution in [0.3, 0.4) is 0 Å². The van der Waals surface area contributed by atoms with Gasteiger partial charge in [0.1, 0.15) is 8.24 Å². The molecule has 9 heavy (non-hydrogen) atoms. The molecule has 0 saturated carbocycles. The number of halogens is 1. The van der Waals surface area contributed by atoms with Crippen LogP contribution in [-0.4, -0.2) is 27.2 Å². The van der Waals surface area contributed by atoms with Crippen molar-refractivity contribution >= 4 is 38.3 Å². The zero-order valence-corrected chi connectivity index (χ0v) is 9.54. The molecule has 0 fully saturated rings. The Bertz CT molecular complexity index is 75.9. The summed E-state index contributed by atoms with van der Waals surface area (Å²) < 4.78 is 8.24. The molecular formula is C3H10ClNOSi3. The van der Waals surface area contributed by atoms with Gasteiger partial charge in [-0.1, -0.05) is 19.6 Å². The molecule has 0 heterocycles. The fourth-order valence-corrected chi connectivity index (χ4v) is 2.59. The van der Waals surface area contributed by atoms with E-state index < -0.39 is 8.24 Å². The quantitative estimate of drug-likeness (QED) is 0.406. The van der Waals surface area contributed by atoms with Crippen molar-refractivity contribution in [3.8, 4) is 0 Å². The summed E-state index contributed by atoms with van der Waals surface area (Å²) in [5.74, 6) is 0. The van der Waals surface area contributed by atoms with Crippen molar-refractivity contribution in [2.24, 2.45) is 0 Å². The molecule has 0 aromatic heterocycles. The third-order valence-corrected chi connectivity index (χ3v) is 5.34. The second-order valence-corrected chi connectivity index (χ2v) is 9.79. The van der Waals surface area contributed by atoms with E-state index in [9.17, 15) is 0 Å². The highest BCUT2D eigenvalue weighted by Gasteiger charge is 2.11. The van der Waals surface area contributed by atoms with Gasteiger partial charge in [-0.05, 0) is 0 Å².